The van der Waals surface area contributed by atoms with Crippen molar-refractivity contribution >= 4 is 50.9 Å². The van der Waals surface area contributed by atoms with Gasteiger partial charge in [-0.15, -0.1) is 0 Å². The molecule has 146 valence electrons. The summed E-state index contributed by atoms with van der Waals surface area (Å²) in [6.07, 6.45) is 0. The first-order chi connectivity index (χ1) is 13.1. The van der Waals surface area contributed by atoms with Crippen LogP contribution in [0.1, 0.15) is 50.1 Å². The van der Waals surface area contributed by atoms with E-state index in [1.165, 1.54) is 50.1 Å². The van der Waals surface area contributed by atoms with Crippen LogP contribution in [-0.4, -0.2) is 41.6 Å². The summed E-state index contributed by atoms with van der Waals surface area (Å²) < 4.78 is 5.04. The molecule has 0 bridgehead atoms. The third kappa shape index (κ3) is 4.92. The molecule has 3 rings (SSSR count). The van der Waals surface area contributed by atoms with Crippen LogP contribution in [0.4, 0.5) is 0 Å². The van der Waals surface area contributed by atoms with Gasteiger partial charge in [-0.3, -0.25) is 0 Å². The quantitative estimate of drug-likeness (QED) is 0.404. The molecule has 0 aliphatic rings. The second-order valence-electron chi connectivity index (χ2n) is 8.70. The van der Waals surface area contributed by atoms with E-state index in [4.69, 9.17) is 0 Å². The topological polar surface area (TPSA) is 0 Å². The van der Waals surface area contributed by atoms with Crippen molar-refractivity contribution in [1.29, 1.82) is 0 Å². The van der Waals surface area contributed by atoms with Crippen molar-refractivity contribution in [3.63, 3.8) is 0 Å². The Kier molecular flexibility index (Phi) is 8.05. The molecule has 0 N–H and O–H groups in total. The zero-order chi connectivity index (χ0) is 20.7. The van der Waals surface area contributed by atoms with Crippen LogP contribution >= 0.6 is 0 Å². The van der Waals surface area contributed by atoms with Crippen LogP contribution < -0.4 is 9.37 Å². The Morgan fingerprint density at radius 2 is 0.552 bits per heavy atom. The number of hydrogen-bond donors (Lipinski definition) is 0. The van der Waals surface area contributed by atoms with Crippen molar-refractivity contribution in [2.45, 2.75) is 62.3 Å². The molecule has 0 aliphatic heterocycles. The zero-order valence-corrected chi connectivity index (χ0v) is 23.9. The number of aryl methyl sites for hydroxylation is 9. The van der Waals surface area contributed by atoms with E-state index in [9.17, 15) is 0 Å². The summed E-state index contributed by atoms with van der Waals surface area (Å²) in [5.74, 6) is 0. The van der Waals surface area contributed by atoms with Crippen LogP contribution in [0.5, 0.6) is 0 Å². The third-order valence-corrected chi connectivity index (χ3v) is 20.8. The van der Waals surface area contributed by atoms with Crippen LogP contribution in [-0.2, 0) is 0 Å². The van der Waals surface area contributed by atoms with Gasteiger partial charge >= 0.3 is 181 Å². The summed E-state index contributed by atoms with van der Waals surface area (Å²) in [4.78, 5) is 0. The van der Waals surface area contributed by atoms with Crippen molar-refractivity contribution in [2.24, 2.45) is 0 Å². The van der Waals surface area contributed by atoms with Gasteiger partial charge in [0.05, 0.1) is 0 Å². The zero-order valence-electron chi connectivity index (χ0n) is 20.0. The minimum absolute atomic E-state index is 0. The van der Waals surface area contributed by atoms with E-state index < -0.39 is 22.7 Å². The van der Waals surface area contributed by atoms with Gasteiger partial charge in [0.25, 0.3) is 0 Å². The molecule has 0 nitrogen and oxygen atoms in total. The van der Waals surface area contributed by atoms with Gasteiger partial charge in [-0.25, -0.2) is 0 Å². The summed E-state index contributed by atoms with van der Waals surface area (Å²) in [5, 5.41) is 0. The van der Waals surface area contributed by atoms with E-state index in [0.717, 1.165) is 0 Å². The van der Waals surface area contributed by atoms with Crippen LogP contribution in [0.2, 0.25) is 0 Å². The Labute approximate surface area is 198 Å². The Morgan fingerprint density at radius 1 is 0.379 bits per heavy atom. The second kappa shape index (κ2) is 9.54. The molecule has 0 amide bonds. The fraction of sp³-hybridized carbons (Fsp3) is 0.333. The first kappa shape index (κ1) is 24.4. The Balaban J connectivity index is 0.00000300. The van der Waals surface area contributed by atoms with Crippen molar-refractivity contribution < 1.29 is 0 Å². The molecular formula is C27H33LiPb. The fourth-order valence-electron chi connectivity index (χ4n) is 5.10. The predicted molar refractivity (Wildman–Crippen MR) is 132 cm³/mol. The molecule has 0 spiro atoms. The summed E-state index contributed by atoms with van der Waals surface area (Å²) in [6.45, 7) is 20.7. The van der Waals surface area contributed by atoms with Gasteiger partial charge < -0.3 is 0 Å². The van der Waals surface area contributed by atoms with Gasteiger partial charge in [-0.05, 0) is 0 Å². The molecule has 0 heterocycles. The largest absolute Gasteiger partial charge is 0 e. The molecule has 0 aliphatic carbocycles. The first-order valence-corrected chi connectivity index (χ1v) is 16.0. The number of rotatable bonds is 3. The summed E-state index contributed by atoms with van der Waals surface area (Å²) in [5.41, 5.74) is 13.0. The van der Waals surface area contributed by atoms with E-state index >= 15 is 0 Å². The molecule has 2 radical (unpaired) electrons. The Bertz CT molecular complexity index is 856. The first-order valence-electron chi connectivity index (χ1n) is 10.2. The van der Waals surface area contributed by atoms with Gasteiger partial charge in [0.2, 0.25) is 0 Å². The summed E-state index contributed by atoms with van der Waals surface area (Å²) in [7, 11) is 0. The molecule has 2 heteroatoms. The van der Waals surface area contributed by atoms with Crippen LogP contribution in [0.3, 0.4) is 0 Å². The van der Waals surface area contributed by atoms with Crippen molar-refractivity contribution in [3.8, 4) is 0 Å². The van der Waals surface area contributed by atoms with Crippen LogP contribution in [0, 0.1) is 62.3 Å². The van der Waals surface area contributed by atoms with Crippen molar-refractivity contribution in [2.75, 3.05) is 0 Å². The van der Waals surface area contributed by atoms with Gasteiger partial charge in [0, 0.05) is 18.9 Å². The van der Waals surface area contributed by atoms with Gasteiger partial charge in [0.1, 0.15) is 0 Å². The fourth-order valence-corrected chi connectivity index (χ4v) is 18.9. The average molecular weight is 572 g/mol. The summed E-state index contributed by atoms with van der Waals surface area (Å²) in [6, 6.07) is 14.4. The molecule has 29 heavy (non-hydrogen) atoms. The standard InChI is InChI=1S/3C9H11.Li.Pb/c3*1-7-4-8(2)6-9(3)5-7;;/h3*4-5H,1-3H3;;. The van der Waals surface area contributed by atoms with Gasteiger partial charge in [-0.1, -0.05) is 0 Å². The molecule has 0 saturated carbocycles. The SMILES string of the molecule is Cc1cc(C)[c]([Pb]([c]2c(C)cc(C)cc2C)[c]2c(C)cc(C)cc2C)c(C)c1.[Li]. The molecule has 0 unspecified atom stereocenters. The van der Waals surface area contributed by atoms with E-state index in [1.54, 1.807) is 9.37 Å². The Morgan fingerprint density at radius 3 is 0.724 bits per heavy atom. The van der Waals surface area contributed by atoms with E-state index in [0.29, 0.717) is 0 Å². The average Bonchev–Trinajstić information content (AvgIpc) is 2.51. The second-order valence-corrected chi connectivity index (χ2v) is 17.4. The maximum Gasteiger partial charge on any atom is 0 e. The monoisotopic (exact) mass is 572 g/mol. The summed E-state index contributed by atoms with van der Waals surface area (Å²) >= 11 is -2.61. The molecular weight excluding hydrogens is 538 g/mol. The third-order valence-electron chi connectivity index (χ3n) is 5.78. The van der Waals surface area contributed by atoms with Gasteiger partial charge in [-0.2, -0.15) is 0 Å². The maximum absolute atomic E-state index is 2.61. The molecule has 0 fully saturated rings. The predicted octanol–water partition coefficient (Wildman–Crippen LogP) is 4.60. The van der Waals surface area contributed by atoms with Crippen LogP contribution in [0.15, 0.2) is 36.4 Å². The van der Waals surface area contributed by atoms with E-state index in [1.807, 2.05) is 0 Å². The smallest absolute Gasteiger partial charge is 0 e. The molecule has 3 aromatic carbocycles. The van der Waals surface area contributed by atoms with E-state index in [2.05, 4.69) is 98.7 Å². The molecule has 3 aromatic rings. The van der Waals surface area contributed by atoms with Crippen molar-refractivity contribution in [3.05, 3.63) is 86.5 Å². The Hall–Kier alpha value is -0.821. The molecule has 0 saturated heterocycles. The maximum atomic E-state index is 2.39. The minimum atomic E-state index is -2.61. The van der Waals surface area contributed by atoms with Gasteiger partial charge in [0.15, 0.2) is 0 Å². The molecule has 0 aromatic heterocycles. The molecule has 0 atom stereocenters. The number of benzene rings is 3. The van der Waals surface area contributed by atoms with E-state index in [-0.39, 0.29) is 18.9 Å². The minimum Gasteiger partial charge on any atom is 0 e. The van der Waals surface area contributed by atoms with Crippen LogP contribution in [0.25, 0.3) is 0 Å². The number of hydrogen-bond acceptors (Lipinski definition) is 0. The normalized spacial score (nSPS) is 11.0. The van der Waals surface area contributed by atoms with Crippen molar-refractivity contribution in [1.82, 2.24) is 0 Å².